The lowest BCUT2D eigenvalue weighted by molar-refractivity contribution is -0.134. The van der Waals surface area contributed by atoms with Crippen molar-refractivity contribution in [3.05, 3.63) is 29.1 Å². The quantitative estimate of drug-likeness (QED) is 0.655. The van der Waals surface area contributed by atoms with Crippen molar-refractivity contribution in [2.24, 2.45) is 0 Å². The highest BCUT2D eigenvalue weighted by atomic mass is 16.4. The summed E-state index contributed by atoms with van der Waals surface area (Å²) in [6.07, 6.45) is 3.66. The van der Waals surface area contributed by atoms with E-state index in [0.717, 1.165) is 12.5 Å². The smallest absolute Gasteiger partial charge is 0.336 e. The molecule has 1 aromatic heterocycles. The van der Waals surface area contributed by atoms with Gasteiger partial charge in [-0.1, -0.05) is 13.0 Å². The van der Waals surface area contributed by atoms with Gasteiger partial charge < -0.3 is 10.2 Å². The maximum absolute atomic E-state index is 11.3. The standard InChI is InChI=1S/C13H17N5O4/c1-3-13(12-14-16-17-15-12)5-4-8(7-18(13)2)9(11(21)22)6-10(19)20/h4,6H,3,5,7H2,1-2H3,(H,19,20)(H,21,22)(H,14,15,16,17)/b9-6+. The van der Waals surface area contributed by atoms with Crippen LogP contribution in [-0.4, -0.2) is 61.3 Å². The Morgan fingerprint density at radius 2 is 2.23 bits per heavy atom. The monoisotopic (exact) mass is 307 g/mol. The lowest BCUT2D eigenvalue weighted by atomic mass is 9.83. The summed E-state index contributed by atoms with van der Waals surface area (Å²) in [6, 6.07) is 0. The molecule has 0 aliphatic carbocycles. The van der Waals surface area contributed by atoms with Gasteiger partial charge in [0, 0.05) is 12.6 Å². The van der Waals surface area contributed by atoms with Crippen LogP contribution in [0.4, 0.5) is 0 Å². The zero-order valence-corrected chi connectivity index (χ0v) is 12.3. The molecule has 9 nitrogen and oxygen atoms in total. The van der Waals surface area contributed by atoms with Crippen LogP contribution in [0.5, 0.6) is 0 Å². The van der Waals surface area contributed by atoms with Gasteiger partial charge >= 0.3 is 11.9 Å². The Morgan fingerprint density at radius 1 is 1.50 bits per heavy atom. The molecule has 3 N–H and O–H groups in total. The Bertz CT molecular complexity index is 637. The summed E-state index contributed by atoms with van der Waals surface area (Å²) in [5, 5.41) is 31.9. The van der Waals surface area contributed by atoms with Crippen LogP contribution in [0.15, 0.2) is 23.3 Å². The van der Waals surface area contributed by atoms with Crippen molar-refractivity contribution >= 4 is 11.9 Å². The van der Waals surface area contributed by atoms with E-state index in [1.165, 1.54) is 0 Å². The molecular weight excluding hydrogens is 290 g/mol. The Hall–Kier alpha value is -2.55. The Labute approximate surface area is 126 Å². The van der Waals surface area contributed by atoms with Crippen molar-refractivity contribution in [2.45, 2.75) is 25.3 Å². The highest BCUT2D eigenvalue weighted by Crippen LogP contribution is 2.37. The fourth-order valence-electron chi connectivity index (χ4n) is 2.75. The van der Waals surface area contributed by atoms with Gasteiger partial charge in [-0.2, -0.15) is 0 Å². The molecule has 1 unspecified atom stereocenters. The van der Waals surface area contributed by atoms with Gasteiger partial charge in [0.15, 0.2) is 5.82 Å². The zero-order valence-electron chi connectivity index (χ0n) is 12.3. The number of nitrogens with one attached hydrogen (secondary N) is 1. The fourth-order valence-corrected chi connectivity index (χ4v) is 2.75. The number of carboxylic acid groups (broad SMARTS) is 2. The number of aromatic amines is 1. The van der Waals surface area contributed by atoms with Crippen molar-refractivity contribution in [1.29, 1.82) is 0 Å². The number of aromatic nitrogens is 4. The zero-order chi connectivity index (χ0) is 16.3. The largest absolute Gasteiger partial charge is 0.478 e. The number of tetrazole rings is 1. The van der Waals surface area contributed by atoms with Gasteiger partial charge in [0.05, 0.1) is 11.1 Å². The van der Waals surface area contributed by atoms with Gasteiger partial charge in [-0.25, -0.2) is 14.7 Å². The molecule has 1 atom stereocenters. The highest BCUT2D eigenvalue weighted by molar-refractivity contribution is 5.98. The summed E-state index contributed by atoms with van der Waals surface area (Å²) in [6.45, 7) is 2.28. The SMILES string of the molecule is CCC1(c2nnn[nH]2)CC=C(/C(=C\C(=O)O)C(=O)O)CN1C. The number of carboxylic acids is 2. The molecule has 1 aliphatic heterocycles. The molecule has 0 aromatic carbocycles. The molecule has 0 amide bonds. The fraction of sp³-hybridized carbons (Fsp3) is 0.462. The predicted molar refractivity (Wildman–Crippen MR) is 74.8 cm³/mol. The maximum atomic E-state index is 11.3. The van der Waals surface area contributed by atoms with Crippen molar-refractivity contribution < 1.29 is 19.8 Å². The lowest BCUT2D eigenvalue weighted by Gasteiger charge is -2.42. The third-order valence-corrected chi connectivity index (χ3v) is 4.04. The van der Waals surface area contributed by atoms with E-state index in [9.17, 15) is 14.7 Å². The van der Waals surface area contributed by atoms with Crippen molar-refractivity contribution in [3.63, 3.8) is 0 Å². The summed E-state index contributed by atoms with van der Waals surface area (Å²) in [5.74, 6) is -1.94. The molecule has 0 saturated heterocycles. The summed E-state index contributed by atoms with van der Waals surface area (Å²) < 4.78 is 0. The van der Waals surface area contributed by atoms with Gasteiger partial charge in [-0.15, -0.1) is 5.10 Å². The number of carbonyl (C=O) groups is 2. The minimum Gasteiger partial charge on any atom is -0.478 e. The second-order valence-corrected chi connectivity index (χ2v) is 5.13. The van der Waals surface area contributed by atoms with E-state index < -0.39 is 17.5 Å². The lowest BCUT2D eigenvalue weighted by Crippen LogP contribution is -2.47. The van der Waals surface area contributed by atoms with E-state index in [-0.39, 0.29) is 5.57 Å². The third-order valence-electron chi connectivity index (χ3n) is 4.04. The second kappa shape index (κ2) is 6.06. The van der Waals surface area contributed by atoms with E-state index in [2.05, 4.69) is 20.6 Å². The molecule has 2 rings (SSSR count). The summed E-state index contributed by atoms with van der Waals surface area (Å²) in [7, 11) is 1.83. The van der Waals surface area contributed by atoms with Gasteiger partial charge in [0.1, 0.15) is 0 Å². The third kappa shape index (κ3) is 2.75. The van der Waals surface area contributed by atoms with Crippen LogP contribution in [0.1, 0.15) is 25.6 Å². The topological polar surface area (TPSA) is 132 Å². The van der Waals surface area contributed by atoms with Gasteiger partial charge in [-0.3, -0.25) is 4.90 Å². The highest BCUT2D eigenvalue weighted by Gasteiger charge is 2.40. The molecule has 118 valence electrons. The number of H-pyrrole nitrogens is 1. The van der Waals surface area contributed by atoms with Crippen LogP contribution in [0.2, 0.25) is 0 Å². The number of nitrogens with zero attached hydrogens (tertiary/aromatic N) is 4. The van der Waals surface area contributed by atoms with Crippen molar-refractivity contribution in [1.82, 2.24) is 25.5 Å². The number of likely N-dealkylation sites (N-methyl/N-ethyl adjacent to an activating group) is 1. The van der Waals surface area contributed by atoms with Crippen LogP contribution in [-0.2, 0) is 15.1 Å². The Morgan fingerprint density at radius 3 is 2.68 bits per heavy atom. The minimum atomic E-state index is -1.28. The normalized spacial score (nSPS) is 23.2. The number of hydrogen-bond donors (Lipinski definition) is 3. The second-order valence-electron chi connectivity index (χ2n) is 5.13. The molecule has 22 heavy (non-hydrogen) atoms. The van der Waals surface area contributed by atoms with E-state index in [4.69, 9.17) is 5.11 Å². The molecule has 1 aliphatic rings. The molecule has 0 radical (unpaired) electrons. The van der Waals surface area contributed by atoms with Crippen molar-refractivity contribution in [3.8, 4) is 0 Å². The molecule has 0 saturated carbocycles. The van der Waals surface area contributed by atoms with Crippen LogP contribution < -0.4 is 0 Å². The number of aliphatic carboxylic acids is 2. The Kier molecular flexibility index (Phi) is 4.36. The average Bonchev–Trinajstić information content (AvgIpc) is 2.99. The van der Waals surface area contributed by atoms with Crippen LogP contribution in [0.3, 0.4) is 0 Å². The van der Waals surface area contributed by atoms with E-state index >= 15 is 0 Å². The van der Waals surface area contributed by atoms with E-state index in [1.807, 2.05) is 18.9 Å². The minimum absolute atomic E-state index is 0.209. The number of hydrogen-bond acceptors (Lipinski definition) is 6. The van der Waals surface area contributed by atoms with E-state index in [0.29, 0.717) is 24.4 Å². The first kappa shape index (κ1) is 15.8. The van der Waals surface area contributed by atoms with E-state index in [1.54, 1.807) is 6.08 Å². The molecule has 0 bridgehead atoms. The predicted octanol–water partition coefficient (Wildman–Crippen LogP) is 0.163. The molecule has 0 spiro atoms. The maximum Gasteiger partial charge on any atom is 0.336 e. The first-order chi connectivity index (χ1) is 10.4. The van der Waals surface area contributed by atoms with Gasteiger partial charge in [0.25, 0.3) is 0 Å². The molecule has 0 fully saturated rings. The van der Waals surface area contributed by atoms with Crippen LogP contribution in [0.25, 0.3) is 0 Å². The van der Waals surface area contributed by atoms with Crippen LogP contribution >= 0.6 is 0 Å². The average molecular weight is 307 g/mol. The van der Waals surface area contributed by atoms with Crippen LogP contribution in [0, 0.1) is 0 Å². The van der Waals surface area contributed by atoms with Gasteiger partial charge in [-0.05, 0) is 35.9 Å². The Balaban J connectivity index is 2.38. The first-order valence-electron chi connectivity index (χ1n) is 6.73. The molecule has 9 heteroatoms. The summed E-state index contributed by atoms with van der Waals surface area (Å²) in [5.41, 5.74) is -0.200. The molecular formula is C13H17N5O4. The summed E-state index contributed by atoms with van der Waals surface area (Å²) >= 11 is 0. The van der Waals surface area contributed by atoms with Crippen molar-refractivity contribution in [2.75, 3.05) is 13.6 Å². The number of rotatable bonds is 5. The molecule has 2 heterocycles. The summed E-state index contributed by atoms with van der Waals surface area (Å²) in [4.78, 5) is 24.0. The first-order valence-corrected chi connectivity index (χ1v) is 6.73. The molecule has 1 aromatic rings. The van der Waals surface area contributed by atoms with Gasteiger partial charge in [0.2, 0.25) is 0 Å².